The van der Waals surface area contributed by atoms with Crippen LogP contribution in [0.3, 0.4) is 0 Å². The second kappa shape index (κ2) is 9.62. The van der Waals surface area contributed by atoms with E-state index in [2.05, 4.69) is 85.6 Å². The van der Waals surface area contributed by atoms with Gasteiger partial charge < -0.3 is 14.7 Å². The molecule has 0 fully saturated rings. The minimum absolute atomic E-state index is 0.0347. The van der Waals surface area contributed by atoms with Crippen LogP contribution >= 0.6 is 0 Å². The minimum atomic E-state index is -0.370. The van der Waals surface area contributed by atoms with Gasteiger partial charge in [0.05, 0.1) is 23.9 Å². The molecule has 3 rings (SSSR count). The third-order valence-electron chi connectivity index (χ3n) is 5.13. The Bertz CT molecular complexity index is 879. The Kier molecular flexibility index (Phi) is 6.95. The van der Waals surface area contributed by atoms with Crippen LogP contribution < -0.4 is 0 Å². The standard InChI is InChI=1S/C26H31NO2/c1-19-10-12-23(13-11-19)25-14-15-27(20(2)18-29-22(4)16-21(3)28)26(17-25)24-8-6-5-7-9-24/h5-15,17-18,21-22,26,28H,16H2,1-4H3/b20-18+. The SMILES string of the molecule is C/C(=C\OC(C)CC(C)O)N1C=CC(c2ccc(C)cc2)=CC1c1ccccc1. The highest BCUT2D eigenvalue weighted by atomic mass is 16.5. The van der Waals surface area contributed by atoms with Crippen molar-refractivity contribution in [1.82, 2.24) is 4.90 Å². The van der Waals surface area contributed by atoms with E-state index < -0.39 is 0 Å². The Morgan fingerprint density at radius 2 is 1.79 bits per heavy atom. The molecule has 0 aromatic heterocycles. The fraction of sp³-hybridized carbons (Fsp3) is 0.308. The summed E-state index contributed by atoms with van der Waals surface area (Å²) in [6, 6.07) is 19.2. The maximum atomic E-state index is 9.55. The molecule has 1 aliphatic rings. The van der Waals surface area contributed by atoms with Crippen molar-refractivity contribution in [3.63, 3.8) is 0 Å². The van der Waals surface area contributed by atoms with Gasteiger partial charge >= 0.3 is 0 Å². The molecule has 3 nitrogen and oxygen atoms in total. The van der Waals surface area contributed by atoms with E-state index in [1.54, 1.807) is 13.2 Å². The van der Waals surface area contributed by atoms with E-state index in [1.165, 1.54) is 22.3 Å². The molecule has 1 N–H and O–H groups in total. The number of aliphatic hydroxyl groups excluding tert-OH is 1. The molecule has 0 amide bonds. The van der Waals surface area contributed by atoms with E-state index in [-0.39, 0.29) is 18.2 Å². The fourth-order valence-corrected chi connectivity index (χ4v) is 3.55. The predicted molar refractivity (Wildman–Crippen MR) is 120 cm³/mol. The van der Waals surface area contributed by atoms with Crippen molar-refractivity contribution in [3.05, 3.63) is 102 Å². The van der Waals surface area contributed by atoms with E-state index in [9.17, 15) is 5.11 Å². The Labute approximate surface area is 174 Å². The van der Waals surface area contributed by atoms with Crippen molar-refractivity contribution >= 4 is 5.57 Å². The zero-order valence-electron chi connectivity index (χ0n) is 17.7. The number of allylic oxidation sites excluding steroid dienone is 3. The van der Waals surface area contributed by atoms with Gasteiger partial charge in [-0.05, 0) is 56.5 Å². The molecule has 0 saturated heterocycles. The molecule has 1 aliphatic heterocycles. The van der Waals surface area contributed by atoms with Gasteiger partial charge in [0.2, 0.25) is 0 Å². The van der Waals surface area contributed by atoms with Crippen molar-refractivity contribution in [2.45, 2.75) is 52.4 Å². The van der Waals surface area contributed by atoms with Gasteiger partial charge in [-0.1, -0.05) is 60.2 Å². The molecule has 0 bridgehead atoms. The van der Waals surface area contributed by atoms with Gasteiger partial charge in [-0.3, -0.25) is 0 Å². The number of aliphatic hydroxyl groups is 1. The molecule has 1 heterocycles. The molecule has 0 aliphatic carbocycles. The third kappa shape index (κ3) is 5.61. The average molecular weight is 390 g/mol. The molecule has 29 heavy (non-hydrogen) atoms. The summed E-state index contributed by atoms with van der Waals surface area (Å²) >= 11 is 0. The first-order chi connectivity index (χ1) is 13.9. The van der Waals surface area contributed by atoms with E-state index in [0.717, 1.165) is 5.70 Å². The van der Waals surface area contributed by atoms with Crippen LogP contribution in [0.15, 0.2) is 84.9 Å². The van der Waals surface area contributed by atoms with Crippen LogP contribution in [0, 0.1) is 6.92 Å². The molecule has 0 spiro atoms. The van der Waals surface area contributed by atoms with Gasteiger partial charge in [0.15, 0.2) is 0 Å². The topological polar surface area (TPSA) is 32.7 Å². The molecule has 2 aromatic rings. The fourth-order valence-electron chi connectivity index (χ4n) is 3.55. The quantitative estimate of drug-likeness (QED) is 0.591. The van der Waals surface area contributed by atoms with Crippen LogP contribution in [-0.2, 0) is 4.74 Å². The summed E-state index contributed by atoms with van der Waals surface area (Å²) in [7, 11) is 0. The zero-order valence-corrected chi connectivity index (χ0v) is 17.7. The number of hydrogen-bond donors (Lipinski definition) is 1. The molecule has 3 heteroatoms. The highest BCUT2D eigenvalue weighted by Gasteiger charge is 2.21. The summed E-state index contributed by atoms with van der Waals surface area (Å²) in [5.74, 6) is 0. The number of ether oxygens (including phenoxy) is 1. The van der Waals surface area contributed by atoms with Crippen LogP contribution in [0.1, 0.15) is 49.9 Å². The van der Waals surface area contributed by atoms with Gasteiger partial charge in [-0.15, -0.1) is 0 Å². The second-order valence-electron chi connectivity index (χ2n) is 7.86. The molecular weight excluding hydrogens is 358 g/mol. The van der Waals surface area contributed by atoms with Crippen LogP contribution in [0.25, 0.3) is 5.57 Å². The predicted octanol–water partition coefficient (Wildman–Crippen LogP) is 5.99. The van der Waals surface area contributed by atoms with Crippen LogP contribution in [0.4, 0.5) is 0 Å². The molecule has 0 saturated carbocycles. The highest BCUT2D eigenvalue weighted by molar-refractivity contribution is 5.76. The Balaban J connectivity index is 1.87. The normalized spacial score (nSPS) is 18.9. The van der Waals surface area contributed by atoms with E-state index in [1.807, 2.05) is 13.0 Å². The summed E-state index contributed by atoms with van der Waals surface area (Å²) in [5.41, 5.74) is 5.94. The Hall–Kier alpha value is -2.78. The van der Waals surface area contributed by atoms with Gasteiger partial charge in [0, 0.05) is 12.6 Å². The summed E-state index contributed by atoms with van der Waals surface area (Å²) in [4.78, 5) is 2.22. The third-order valence-corrected chi connectivity index (χ3v) is 5.13. The Morgan fingerprint density at radius 3 is 2.45 bits per heavy atom. The molecule has 3 unspecified atom stereocenters. The van der Waals surface area contributed by atoms with E-state index in [4.69, 9.17) is 4.74 Å². The van der Waals surface area contributed by atoms with Crippen LogP contribution in [0.2, 0.25) is 0 Å². The van der Waals surface area contributed by atoms with Gasteiger partial charge in [0.25, 0.3) is 0 Å². The number of rotatable bonds is 7. The van der Waals surface area contributed by atoms with Crippen molar-refractivity contribution in [3.8, 4) is 0 Å². The average Bonchev–Trinajstić information content (AvgIpc) is 2.72. The van der Waals surface area contributed by atoms with Crippen molar-refractivity contribution < 1.29 is 9.84 Å². The first-order valence-electron chi connectivity index (χ1n) is 10.2. The summed E-state index contributed by atoms with van der Waals surface area (Å²) < 4.78 is 5.86. The molecule has 0 radical (unpaired) electrons. The summed E-state index contributed by atoms with van der Waals surface area (Å²) in [6.07, 6.45) is 8.59. The van der Waals surface area contributed by atoms with Gasteiger partial charge in [-0.2, -0.15) is 0 Å². The lowest BCUT2D eigenvalue weighted by molar-refractivity contribution is 0.0847. The largest absolute Gasteiger partial charge is 0.496 e. The number of benzene rings is 2. The van der Waals surface area contributed by atoms with E-state index >= 15 is 0 Å². The summed E-state index contributed by atoms with van der Waals surface area (Å²) in [5, 5.41) is 9.55. The molecular formula is C26H31NO2. The smallest absolute Gasteiger partial charge is 0.102 e. The van der Waals surface area contributed by atoms with Crippen molar-refractivity contribution in [1.29, 1.82) is 0 Å². The van der Waals surface area contributed by atoms with Crippen LogP contribution in [-0.4, -0.2) is 22.2 Å². The van der Waals surface area contributed by atoms with Crippen molar-refractivity contribution in [2.75, 3.05) is 0 Å². The Morgan fingerprint density at radius 1 is 1.10 bits per heavy atom. The molecule has 2 aromatic carbocycles. The number of aryl methyl sites for hydroxylation is 1. The summed E-state index contributed by atoms with van der Waals surface area (Å²) in [6.45, 7) is 7.93. The van der Waals surface area contributed by atoms with E-state index in [0.29, 0.717) is 6.42 Å². The monoisotopic (exact) mass is 389 g/mol. The number of nitrogens with zero attached hydrogens (tertiary/aromatic N) is 1. The maximum absolute atomic E-state index is 9.55. The molecule has 3 atom stereocenters. The zero-order chi connectivity index (χ0) is 20.8. The lowest BCUT2D eigenvalue weighted by Crippen LogP contribution is -2.23. The second-order valence-corrected chi connectivity index (χ2v) is 7.86. The first kappa shape index (κ1) is 20.9. The van der Waals surface area contributed by atoms with Crippen LogP contribution in [0.5, 0.6) is 0 Å². The van der Waals surface area contributed by atoms with Gasteiger partial charge in [-0.25, -0.2) is 0 Å². The lowest BCUT2D eigenvalue weighted by atomic mass is 9.95. The minimum Gasteiger partial charge on any atom is -0.496 e. The van der Waals surface area contributed by atoms with Crippen molar-refractivity contribution in [2.24, 2.45) is 0 Å². The lowest BCUT2D eigenvalue weighted by Gasteiger charge is -2.33. The van der Waals surface area contributed by atoms with Gasteiger partial charge in [0.1, 0.15) is 6.26 Å². The molecule has 152 valence electrons. The maximum Gasteiger partial charge on any atom is 0.102 e. The highest BCUT2D eigenvalue weighted by Crippen LogP contribution is 2.34. The first-order valence-corrected chi connectivity index (χ1v) is 10.2. The number of hydrogen-bond acceptors (Lipinski definition) is 3.